The number of urea groups is 1. The van der Waals surface area contributed by atoms with Crippen LogP contribution >= 0.6 is 0 Å². The fourth-order valence-corrected chi connectivity index (χ4v) is 2.66. The molecule has 0 heterocycles. The molecule has 0 radical (unpaired) electrons. The molecule has 1 saturated carbocycles. The van der Waals surface area contributed by atoms with Crippen molar-refractivity contribution < 1.29 is 9.59 Å². The van der Waals surface area contributed by atoms with Crippen LogP contribution in [0.2, 0.25) is 0 Å². The standard InChI is InChI=1S/C17H25N3O2/c21-16(19-13-14-7-3-1-4-8-14)11-12-18-17(22)20-15-9-5-2-6-10-15/h1,3-4,7-8,15H,2,5-6,9-13H2,(H,19,21)(H2,18,20,22). The van der Waals surface area contributed by atoms with Crippen LogP contribution in [0.1, 0.15) is 44.1 Å². The SMILES string of the molecule is O=C(CCNC(=O)NC1CCCCC1)NCc1ccccc1. The topological polar surface area (TPSA) is 70.2 Å². The molecule has 0 aromatic heterocycles. The van der Waals surface area contributed by atoms with E-state index < -0.39 is 0 Å². The van der Waals surface area contributed by atoms with E-state index in [1.165, 1.54) is 19.3 Å². The minimum absolute atomic E-state index is 0.0539. The van der Waals surface area contributed by atoms with Crippen LogP contribution in [-0.2, 0) is 11.3 Å². The Morgan fingerprint density at radius 3 is 2.45 bits per heavy atom. The lowest BCUT2D eigenvalue weighted by Crippen LogP contribution is -2.43. The van der Waals surface area contributed by atoms with E-state index in [1.54, 1.807) is 0 Å². The second-order valence-electron chi connectivity index (χ2n) is 5.75. The van der Waals surface area contributed by atoms with E-state index in [-0.39, 0.29) is 11.9 Å². The molecule has 1 aromatic rings. The van der Waals surface area contributed by atoms with Gasteiger partial charge >= 0.3 is 6.03 Å². The molecule has 5 nitrogen and oxygen atoms in total. The number of nitrogens with one attached hydrogen (secondary N) is 3. The third kappa shape index (κ3) is 6.16. The summed E-state index contributed by atoms with van der Waals surface area (Å²) in [6, 6.07) is 9.90. The van der Waals surface area contributed by atoms with Gasteiger partial charge in [0, 0.05) is 25.6 Å². The van der Waals surface area contributed by atoms with E-state index in [9.17, 15) is 9.59 Å². The monoisotopic (exact) mass is 303 g/mol. The lowest BCUT2D eigenvalue weighted by Gasteiger charge is -2.22. The van der Waals surface area contributed by atoms with Crippen LogP contribution in [0.4, 0.5) is 4.79 Å². The molecular weight excluding hydrogens is 278 g/mol. The van der Waals surface area contributed by atoms with Crippen LogP contribution in [0, 0.1) is 0 Å². The molecular formula is C17H25N3O2. The Labute approximate surface area is 131 Å². The zero-order valence-electron chi connectivity index (χ0n) is 12.9. The van der Waals surface area contributed by atoms with Gasteiger partial charge in [0.1, 0.15) is 0 Å². The second kappa shape index (κ2) is 9.07. The number of hydrogen-bond donors (Lipinski definition) is 3. The number of carbonyl (C=O) groups excluding carboxylic acids is 2. The maximum Gasteiger partial charge on any atom is 0.315 e. The van der Waals surface area contributed by atoms with Gasteiger partial charge in [-0.3, -0.25) is 4.79 Å². The molecule has 1 aromatic carbocycles. The summed E-state index contributed by atoms with van der Waals surface area (Å²) in [4.78, 5) is 23.4. The van der Waals surface area contributed by atoms with Gasteiger partial charge in [-0.15, -0.1) is 0 Å². The molecule has 0 saturated heterocycles. The summed E-state index contributed by atoms with van der Waals surface area (Å²) >= 11 is 0. The highest BCUT2D eigenvalue weighted by molar-refractivity contribution is 5.78. The molecule has 3 N–H and O–H groups in total. The molecule has 0 bridgehead atoms. The van der Waals surface area contributed by atoms with Gasteiger partial charge in [0.25, 0.3) is 0 Å². The quantitative estimate of drug-likeness (QED) is 0.755. The highest BCUT2D eigenvalue weighted by Crippen LogP contribution is 2.17. The van der Waals surface area contributed by atoms with Crippen molar-refractivity contribution >= 4 is 11.9 Å². The van der Waals surface area contributed by atoms with Crippen LogP contribution in [-0.4, -0.2) is 24.5 Å². The molecule has 0 unspecified atom stereocenters. The zero-order valence-corrected chi connectivity index (χ0v) is 12.9. The van der Waals surface area contributed by atoms with Crippen molar-refractivity contribution in [3.63, 3.8) is 0 Å². The van der Waals surface area contributed by atoms with Crippen molar-refractivity contribution in [3.05, 3.63) is 35.9 Å². The molecule has 3 amide bonds. The van der Waals surface area contributed by atoms with Gasteiger partial charge in [0.15, 0.2) is 0 Å². The van der Waals surface area contributed by atoms with Crippen molar-refractivity contribution in [1.82, 2.24) is 16.0 Å². The van der Waals surface area contributed by atoms with E-state index >= 15 is 0 Å². The zero-order chi connectivity index (χ0) is 15.6. The van der Waals surface area contributed by atoms with Gasteiger partial charge in [-0.1, -0.05) is 49.6 Å². The fraction of sp³-hybridized carbons (Fsp3) is 0.529. The minimum atomic E-state index is -0.164. The van der Waals surface area contributed by atoms with Crippen molar-refractivity contribution in [1.29, 1.82) is 0 Å². The summed E-state index contributed by atoms with van der Waals surface area (Å²) < 4.78 is 0. The molecule has 22 heavy (non-hydrogen) atoms. The van der Waals surface area contributed by atoms with Crippen molar-refractivity contribution in [2.45, 2.75) is 51.1 Å². The molecule has 0 aliphatic heterocycles. The Morgan fingerprint density at radius 1 is 1.00 bits per heavy atom. The predicted molar refractivity (Wildman–Crippen MR) is 86.3 cm³/mol. The first-order chi connectivity index (χ1) is 10.7. The Balaban J connectivity index is 1.55. The third-order valence-electron chi connectivity index (χ3n) is 3.91. The summed E-state index contributed by atoms with van der Waals surface area (Å²) in [5.74, 6) is -0.0539. The van der Waals surface area contributed by atoms with Gasteiger partial charge in [-0.2, -0.15) is 0 Å². The van der Waals surface area contributed by atoms with E-state index in [0.29, 0.717) is 25.6 Å². The Hall–Kier alpha value is -2.04. The first kappa shape index (κ1) is 16.3. The van der Waals surface area contributed by atoms with Gasteiger partial charge in [-0.05, 0) is 18.4 Å². The van der Waals surface area contributed by atoms with Gasteiger partial charge in [0.2, 0.25) is 5.91 Å². The summed E-state index contributed by atoms with van der Waals surface area (Å²) in [5.41, 5.74) is 1.07. The molecule has 1 aliphatic carbocycles. The average Bonchev–Trinajstić information content (AvgIpc) is 2.55. The summed E-state index contributed by atoms with van der Waals surface area (Å²) in [5, 5.41) is 8.56. The maximum atomic E-state index is 11.7. The molecule has 1 fully saturated rings. The summed E-state index contributed by atoms with van der Waals surface area (Å²) in [6.45, 7) is 0.882. The number of benzene rings is 1. The molecule has 120 valence electrons. The number of rotatable bonds is 6. The van der Waals surface area contributed by atoms with Crippen LogP contribution in [0.15, 0.2) is 30.3 Å². The molecule has 1 aliphatic rings. The normalized spacial score (nSPS) is 15.1. The number of carbonyl (C=O) groups is 2. The Kier molecular flexibility index (Phi) is 6.74. The van der Waals surface area contributed by atoms with Gasteiger partial charge < -0.3 is 16.0 Å². The van der Waals surface area contributed by atoms with Gasteiger partial charge in [-0.25, -0.2) is 4.79 Å². The third-order valence-corrected chi connectivity index (χ3v) is 3.91. The predicted octanol–water partition coefficient (Wildman–Crippen LogP) is 2.32. The molecule has 2 rings (SSSR count). The van der Waals surface area contributed by atoms with Crippen molar-refractivity contribution in [2.24, 2.45) is 0 Å². The fourth-order valence-electron chi connectivity index (χ4n) is 2.66. The lowest BCUT2D eigenvalue weighted by atomic mass is 9.96. The highest BCUT2D eigenvalue weighted by atomic mass is 16.2. The first-order valence-electron chi connectivity index (χ1n) is 8.09. The van der Waals surface area contributed by atoms with E-state index in [0.717, 1.165) is 18.4 Å². The van der Waals surface area contributed by atoms with Gasteiger partial charge in [0.05, 0.1) is 0 Å². The molecule has 0 atom stereocenters. The van der Waals surface area contributed by atoms with Crippen LogP contribution < -0.4 is 16.0 Å². The van der Waals surface area contributed by atoms with E-state index in [4.69, 9.17) is 0 Å². The Morgan fingerprint density at radius 2 is 1.73 bits per heavy atom. The average molecular weight is 303 g/mol. The summed E-state index contributed by atoms with van der Waals surface area (Å²) in [7, 11) is 0. The largest absolute Gasteiger partial charge is 0.352 e. The lowest BCUT2D eigenvalue weighted by molar-refractivity contribution is -0.121. The second-order valence-corrected chi connectivity index (χ2v) is 5.75. The summed E-state index contributed by atoms with van der Waals surface area (Å²) in [6.07, 6.45) is 6.06. The van der Waals surface area contributed by atoms with Crippen LogP contribution in [0.5, 0.6) is 0 Å². The van der Waals surface area contributed by atoms with Crippen LogP contribution in [0.25, 0.3) is 0 Å². The highest BCUT2D eigenvalue weighted by Gasteiger charge is 2.15. The Bertz CT molecular complexity index is 470. The smallest absolute Gasteiger partial charge is 0.315 e. The molecule has 5 heteroatoms. The van der Waals surface area contributed by atoms with Crippen molar-refractivity contribution in [3.8, 4) is 0 Å². The molecule has 0 spiro atoms. The van der Waals surface area contributed by atoms with Crippen LogP contribution in [0.3, 0.4) is 0 Å². The van der Waals surface area contributed by atoms with Crippen molar-refractivity contribution in [2.75, 3.05) is 6.54 Å². The first-order valence-corrected chi connectivity index (χ1v) is 8.09. The minimum Gasteiger partial charge on any atom is -0.352 e. The van der Waals surface area contributed by atoms with E-state index in [1.807, 2.05) is 30.3 Å². The number of amides is 3. The van der Waals surface area contributed by atoms with E-state index in [2.05, 4.69) is 16.0 Å². The maximum absolute atomic E-state index is 11.7. The number of hydrogen-bond acceptors (Lipinski definition) is 2.